The number of aromatic nitrogens is 2. The van der Waals surface area contributed by atoms with Crippen molar-refractivity contribution in [2.45, 2.75) is 46.1 Å². The van der Waals surface area contributed by atoms with E-state index in [1.807, 2.05) is 0 Å². The molecule has 0 aliphatic heterocycles. The highest BCUT2D eigenvalue weighted by Gasteiger charge is 2.12. The molecule has 1 unspecified atom stereocenters. The first-order valence-electron chi connectivity index (χ1n) is 6.83. The molecule has 0 spiro atoms. The van der Waals surface area contributed by atoms with Gasteiger partial charge in [-0.05, 0) is 25.3 Å². The number of nitrogens with one attached hydrogen (secondary N) is 1. The van der Waals surface area contributed by atoms with Crippen molar-refractivity contribution in [1.29, 1.82) is 0 Å². The van der Waals surface area contributed by atoms with Crippen LogP contribution in [-0.4, -0.2) is 22.0 Å². The van der Waals surface area contributed by atoms with Crippen LogP contribution in [0.5, 0.6) is 0 Å². The number of hydrogen-bond acceptors (Lipinski definition) is 3. The predicted molar refractivity (Wildman–Crippen MR) is 78.3 cm³/mol. The second-order valence-electron chi connectivity index (χ2n) is 5.26. The van der Waals surface area contributed by atoms with E-state index in [0.29, 0.717) is 6.04 Å². The summed E-state index contributed by atoms with van der Waals surface area (Å²) in [5.74, 6) is 0.775. The maximum Gasteiger partial charge on any atom is 0.193 e. The van der Waals surface area contributed by atoms with Crippen LogP contribution in [0.1, 0.15) is 39.3 Å². The number of imidazole rings is 1. The van der Waals surface area contributed by atoms with Crippen molar-refractivity contribution in [1.82, 2.24) is 14.7 Å². The van der Waals surface area contributed by atoms with Crippen LogP contribution < -0.4 is 5.32 Å². The minimum atomic E-state index is 0.557. The molecular formula is C14H23N3S. The fraction of sp³-hybridized carbons (Fsp3) is 0.643. The fourth-order valence-electron chi connectivity index (χ4n) is 2.23. The molecule has 4 heteroatoms. The van der Waals surface area contributed by atoms with Gasteiger partial charge >= 0.3 is 0 Å². The molecule has 18 heavy (non-hydrogen) atoms. The summed E-state index contributed by atoms with van der Waals surface area (Å²) >= 11 is 1.70. The van der Waals surface area contributed by atoms with Gasteiger partial charge in [0.25, 0.3) is 0 Å². The Morgan fingerprint density at radius 2 is 2.22 bits per heavy atom. The van der Waals surface area contributed by atoms with Gasteiger partial charge in [-0.15, -0.1) is 11.3 Å². The monoisotopic (exact) mass is 265 g/mol. The van der Waals surface area contributed by atoms with E-state index in [1.165, 1.54) is 18.5 Å². The Morgan fingerprint density at radius 1 is 1.39 bits per heavy atom. The molecule has 1 N–H and O–H groups in total. The number of nitrogens with zero attached hydrogens (tertiary/aromatic N) is 2. The fourth-order valence-corrected chi connectivity index (χ4v) is 2.95. The van der Waals surface area contributed by atoms with Crippen molar-refractivity contribution in [3.63, 3.8) is 0 Å². The molecule has 0 radical (unpaired) electrons. The van der Waals surface area contributed by atoms with Crippen molar-refractivity contribution in [2.24, 2.45) is 5.92 Å². The van der Waals surface area contributed by atoms with Crippen molar-refractivity contribution in [3.8, 4) is 0 Å². The summed E-state index contributed by atoms with van der Waals surface area (Å²) in [5, 5.41) is 5.65. The third kappa shape index (κ3) is 3.56. The topological polar surface area (TPSA) is 29.3 Å². The minimum Gasteiger partial charge on any atom is -0.314 e. The van der Waals surface area contributed by atoms with Crippen LogP contribution in [0.3, 0.4) is 0 Å². The summed E-state index contributed by atoms with van der Waals surface area (Å²) < 4.78 is 2.12. The molecule has 100 valence electrons. The number of hydrogen-bond donors (Lipinski definition) is 1. The second kappa shape index (κ2) is 6.34. The Labute approximate surface area is 113 Å². The van der Waals surface area contributed by atoms with E-state index in [4.69, 9.17) is 0 Å². The van der Waals surface area contributed by atoms with Gasteiger partial charge in [0, 0.05) is 30.2 Å². The number of likely N-dealkylation sites (N-methyl/N-ethyl adjacent to an activating group) is 1. The molecule has 1 atom stereocenters. The average molecular weight is 265 g/mol. The quantitative estimate of drug-likeness (QED) is 0.832. The maximum absolute atomic E-state index is 4.66. The van der Waals surface area contributed by atoms with E-state index in [0.717, 1.165) is 23.8 Å². The van der Waals surface area contributed by atoms with Gasteiger partial charge in [-0.3, -0.25) is 4.40 Å². The van der Waals surface area contributed by atoms with Crippen LogP contribution >= 0.6 is 11.3 Å². The summed E-state index contributed by atoms with van der Waals surface area (Å²) in [6.07, 6.45) is 7.78. The van der Waals surface area contributed by atoms with Gasteiger partial charge in [0.2, 0.25) is 0 Å². The summed E-state index contributed by atoms with van der Waals surface area (Å²) in [6, 6.07) is 0.557. The lowest BCUT2D eigenvalue weighted by Gasteiger charge is -2.17. The van der Waals surface area contributed by atoms with Gasteiger partial charge in [0.05, 0.1) is 5.69 Å². The first kappa shape index (κ1) is 13.6. The molecule has 2 heterocycles. The zero-order valence-corrected chi connectivity index (χ0v) is 12.3. The first-order valence-corrected chi connectivity index (χ1v) is 7.71. The SMILES string of the molecule is CCNC(CCC(C)C)Cc1cn2ccsc2n1. The van der Waals surface area contributed by atoms with E-state index in [1.54, 1.807) is 11.3 Å². The molecule has 0 saturated carbocycles. The highest BCUT2D eigenvalue weighted by Crippen LogP contribution is 2.15. The van der Waals surface area contributed by atoms with E-state index in [-0.39, 0.29) is 0 Å². The normalized spacial score (nSPS) is 13.6. The summed E-state index contributed by atoms with van der Waals surface area (Å²) in [5.41, 5.74) is 1.21. The molecule has 0 bridgehead atoms. The van der Waals surface area contributed by atoms with Gasteiger partial charge in [-0.1, -0.05) is 20.8 Å². The lowest BCUT2D eigenvalue weighted by Crippen LogP contribution is -2.31. The first-order chi connectivity index (χ1) is 8.69. The molecule has 0 aromatic carbocycles. The molecule has 2 aromatic heterocycles. The van der Waals surface area contributed by atoms with E-state index in [9.17, 15) is 0 Å². The zero-order valence-electron chi connectivity index (χ0n) is 11.5. The van der Waals surface area contributed by atoms with Crippen LogP contribution in [0.15, 0.2) is 17.8 Å². The molecule has 0 saturated heterocycles. The molecule has 3 nitrogen and oxygen atoms in total. The van der Waals surface area contributed by atoms with Crippen molar-refractivity contribution in [3.05, 3.63) is 23.5 Å². The Hall–Kier alpha value is -0.870. The highest BCUT2D eigenvalue weighted by molar-refractivity contribution is 7.15. The van der Waals surface area contributed by atoms with Gasteiger partial charge in [-0.25, -0.2) is 4.98 Å². The maximum atomic E-state index is 4.66. The third-order valence-corrected chi connectivity index (χ3v) is 3.95. The third-order valence-electron chi connectivity index (χ3n) is 3.18. The number of fused-ring (bicyclic) bond motifs is 1. The van der Waals surface area contributed by atoms with Gasteiger partial charge < -0.3 is 5.32 Å². The molecule has 0 aliphatic carbocycles. The summed E-state index contributed by atoms with van der Waals surface area (Å²) in [7, 11) is 0. The van der Waals surface area contributed by atoms with Crippen LogP contribution in [0.2, 0.25) is 0 Å². The smallest absolute Gasteiger partial charge is 0.193 e. The van der Waals surface area contributed by atoms with E-state index in [2.05, 4.69) is 53.2 Å². The van der Waals surface area contributed by atoms with E-state index < -0.39 is 0 Å². The van der Waals surface area contributed by atoms with Gasteiger partial charge in [0.1, 0.15) is 0 Å². The minimum absolute atomic E-state index is 0.557. The molecule has 0 aliphatic rings. The number of rotatable bonds is 7. The Morgan fingerprint density at radius 3 is 2.89 bits per heavy atom. The standard InChI is InChI=1S/C14H23N3S/c1-4-15-12(6-5-11(2)3)9-13-10-17-7-8-18-14(17)16-13/h7-8,10-12,15H,4-6,9H2,1-3H3. The van der Waals surface area contributed by atoms with E-state index >= 15 is 0 Å². The molecular weight excluding hydrogens is 242 g/mol. The summed E-state index contributed by atoms with van der Waals surface area (Å²) in [6.45, 7) is 7.78. The van der Waals surface area contributed by atoms with Crippen LogP contribution in [0.25, 0.3) is 4.96 Å². The van der Waals surface area contributed by atoms with Crippen LogP contribution in [-0.2, 0) is 6.42 Å². The predicted octanol–water partition coefficient (Wildman–Crippen LogP) is 3.35. The van der Waals surface area contributed by atoms with Crippen molar-refractivity contribution >= 4 is 16.3 Å². The summed E-state index contributed by atoms with van der Waals surface area (Å²) in [4.78, 5) is 5.76. The lowest BCUT2D eigenvalue weighted by molar-refractivity contribution is 0.432. The van der Waals surface area contributed by atoms with Crippen molar-refractivity contribution < 1.29 is 0 Å². The van der Waals surface area contributed by atoms with Gasteiger partial charge in [-0.2, -0.15) is 0 Å². The highest BCUT2D eigenvalue weighted by atomic mass is 32.1. The molecule has 0 fully saturated rings. The zero-order chi connectivity index (χ0) is 13.0. The largest absolute Gasteiger partial charge is 0.314 e. The molecule has 0 amide bonds. The van der Waals surface area contributed by atoms with Crippen LogP contribution in [0.4, 0.5) is 0 Å². The van der Waals surface area contributed by atoms with Gasteiger partial charge in [0.15, 0.2) is 4.96 Å². The lowest BCUT2D eigenvalue weighted by atomic mass is 10.0. The Kier molecular flexibility index (Phi) is 4.78. The molecule has 2 rings (SSSR count). The Bertz CT molecular complexity index is 444. The molecule has 2 aromatic rings. The van der Waals surface area contributed by atoms with Crippen LogP contribution in [0, 0.1) is 5.92 Å². The van der Waals surface area contributed by atoms with Crippen molar-refractivity contribution in [2.75, 3.05) is 6.54 Å². The number of thiazole rings is 1. The Balaban J connectivity index is 1.96. The second-order valence-corrected chi connectivity index (χ2v) is 6.13. The average Bonchev–Trinajstić information content (AvgIpc) is 2.86.